The van der Waals surface area contributed by atoms with Crippen molar-refractivity contribution >= 4 is 63.1 Å². The smallest absolute Gasteiger partial charge is 0.307 e. The van der Waals surface area contributed by atoms with Gasteiger partial charge in [0.15, 0.2) is 0 Å². The summed E-state index contributed by atoms with van der Waals surface area (Å²) in [5.41, 5.74) is 5.87. The molecule has 5 rings (SSSR count). The first kappa shape index (κ1) is 34.7. The molecule has 0 aliphatic carbocycles. The molecule has 3 aliphatic heterocycles. The number of ether oxygens (including phenoxy) is 1. The van der Waals surface area contributed by atoms with Gasteiger partial charge in [-0.1, -0.05) is 83.2 Å². The first-order valence-corrected chi connectivity index (χ1v) is 17.7. The molecule has 1 saturated heterocycles. The zero-order valence-electron chi connectivity index (χ0n) is 28.5. The van der Waals surface area contributed by atoms with Crippen LogP contribution in [0.2, 0.25) is 0 Å². The van der Waals surface area contributed by atoms with E-state index in [1.807, 2.05) is 30.3 Å². The van der Waals surface area contributed by atoms with E-state index in [0.717, 1.165) is 36.3 Å². The molecule has 8 nitrogen and oxygen atoms in total. The second-order valence-electron chi connectivity index (χ2n) is 13.4. The molecule has 3 aliphatic rings. The minimum absolute atomic E-state index is 0.0647. The third-order valence-corrected chi connectivity index (χ3v) is 11.2. The number of allylic oxidation sites excluding steroid dienone is 3. The lowest BCUT2D eigenvalue weighted by Gasteiger charge is -2.31. The third kappa shape index (κ3) is 6.72. The number of fused-ring (bicyclic) bond motifs is 2. The molecule has 0 radical (unpaired) electrons. The van der Waals surface area contributed by atoms with Crippen molar-refractivity contribution in [2.24, 2.45) is 0 Å². The molecule has 1 N–H and O–H groups in total. The lowest BCUT2D eigenvalue weighted by molar-refractivity contribution is -0.142. The van der Waals surface area contributed by atoms with Gasteiger partial charge in [-0.25, -0.2) is 0 Å². The Balaban J connectivity index is 1.30. The number of unbranched alkanes of at least 4 members (excludes halogenated alkanes) is 1. The van der Waals surface area contributed by atoms with Gasteiger partial charge in [-0.3, -0.25) is 19.3 Å². The summed E-state index contributed by atoms with van der Waals surface area (Å²) in [6, 6.07) is 14.6. The number of thiocarbonyl (C=S) groups is 1. The number of esters is 1. The maximum Gasteiger partial charge on any atom is 0.307 e. The van der Waals surface area contributed by atoms with Crippen LogP contribution in [-0.2, 0) is 30.0 Å². The summed E-state index contributed by atoms with van der Waals surface area (Å²) in [5.74, 6) is -0.848. The fraction of sp³-hybridized carbons (Fsp3) is 0.459. The molecule has 1 fully saturated rings. The largest absolute Gasteiger partial charge is 0.466 e. The number of para-hydroxylation sites is 1. The molecule has 2 aromatic carbocycles. The van der Waals surface area contributed by atoms with Crippen LogP contribution in [0.15, 0.2) is 65.2 Å². The van der Waals surface area contributed by atoms with Gasteiger partial charge in [0.1, 0.15) is 10.9 Å². The van der Waals surface area contributed by atoms with Crippen molar-refractivity contribution in [2.45, 2.75) is 84.6 Å². The van der Waals surface area contributed by atoms with Crippen LogP contribution >= 0.6 is 24.0 Å². The van der Waals surface area contributed by atoms with Gasteiger partial charge in [0.25, 0.3) is 5.91 Å². The standard InChI is InChI=1S/C37H46N4O4S2/c1-8-10-20-39-24(3)36(4,5)27-22-25(15-16-29(27)39)38-32(42)23-41-34(44)30(47-35(41)46)17-18-31-37(6,7)26-13-11-12-14-28(26)40(31)21-19-33(43)45-9-2/h11-18,22,24H,8-10,19-21,23H2,1-7H3,(H,38,42)/b30-17+,31-18-. The second kappa shape index (κ2) is 13.8. The van der Waals surface area contributed by atoms with E-state index < -0.39 is 0 Å². The van der Waals surface area contributed by atoms with Crippen molar-refractivity contribution in [1.82, 2.24) is 4.90 Å². The monoisotopic (exact) mass is 674 g/mol. The second-order valence-corrected chi connectivity index (χ2v) is 15.1. The Bertz CT molecular complexity index is 1650. The average Bonchev–Trinajstić information content (AvgIpc) is 3.50. The van der Waals surface area contributed by atoms with Crippen molar-refractivity contribution in [3.05, 3.63) is 76.3 Å². The number of carbonyl (C=O) groups is 3. The Morgan fingerprint density at radius 1 is 1.00 bits per heavy atom. The van der Waals surface area contributed by atoms with Gasteiger partial charge in [0.05, 0.1) is 17.9 Å². The number of hydrogen-bond donors (Lipinski definition) is 1. The molecule has 47 heavy (non-hydrogen) atoms. The number of nitrogens with one attached hydrogen (secondary N) is 1. The summed E-state index contributed by atoms with van der Waals surface area (Å²) >= 11 is 6.75. The fourth-order valence-corrected chi connectivity index (χ4v) is 8.01. The Kier molecular flexibility index (Phi) is 10.2. The van der Waals surface area contributed by atoms with Crippen LogP contribution in [0.25, 0.3) is 0 Å². The predicted molar refractivity (Wildman–Crippen MR) is 196 cm³/mol. The molecule has 0 spiro atoms. The van der Waals surface area contributed by atoms with Crippen LogP contribution in [0.1, 0.15) is 78.9 Å². The topological polar surface area (TPSA) is 82.2 Å². The molecule has 2 amide bonds. The van der Waals surface area contributed by atoms with Gasteiger partial charge in [-0.2, -0.15) is 0 Å². The highest BCUT2D eigenvalue weighted by molar-refractivity contribution is 8.26. The Hall–Kier alpha value is -3.63. The van der Waals surface area contributed by atoms with E-state index in [0.29, 0.717) is 34.1 Å². The molecule has 3 heterocycles. The van der Waals surface area contributed by atoms with Crippen LogP contribution in [-0.4, -0.2) is 59.3 Å². The molecule has 0 saturated carbocycles. The summed E-state index contributed by atoms with van der Waals surface area (Å²) < 4.78 is 5.52. The van der Waals surface area contributed by atoms with E-state index in [4.69, 9.17) is 17.0 Å². The van der Waals surface area contributed by atoms with Crippen LogP contribution in [0.4, 0.5) is 17.1 Å². The van der Waals surface area contributed by atoms with Gasteiger partial charge in [0.2, 0.25) is 5.91 Å². The summed E-state index contributed by atoms with van der Waals surface area (Å²) in [4.78, 5) is 45.4. The summed E-state index contributed by atoms with van der Waals surface area (Å²) in [7, 11) is 0. The predicted octanol–water partition coefficient (Wildman–Crippen LogP) is 7.29. The van der Waals surface area contributed by atoms with E-state index >= 15 is 0 Å². The average molecular weight is 675 g/mol. The van der Waals surface area contributed by atoms with Crippen molar-refractivity contribution in [3.63, 3.8) is 0 Å². The number of amides is 2. The Morgan fingerprint density at radius 3 is 2.47 bits per heavy atom. The molecule has 2 aromatic rings. The van der Waals surface area contributed by atoms with Gasteiger partial charge < -0.3 is 19.9 Å². The Morgan fingerprint density at radius 2 is 1.74 bits per heavy atom. The molecule has 1 unspecified atom stereocenters. The number of rotatable bonds is 11. The third-order valence-electron chi connectivity index (χ3n) is 9.76. The molecule has 0 aromatic heterocycles. The SMILES string of the molecule is CCCCN1c2ccc(NC(=O)CN3C(=O)/C(=C\C=C4/N(CCC(=O)OCC)c5ccccc5C4(C)C)SC3=S)cc2C(C)(C)C1C. The highest BCUT2D eigenvalue weighted by Crippen LogP contribution is 2.48. The maximum atomic E-state index is 13.5. The van der Waals surface area contributed by atoms with Crippen molar-refractivity contribution < 1.29 is 19.1 Å². The van der Waals surface area contributed by atoms with E-state index in [2.05, 4.69) is 74.9 Å². The first-order chi connectivity index (χ1) is 22.3. The van der Waals surface area contributed by atoms with Crippen molar-refractivity contribution in [2.75, 3.05) is 41.4 Å². The zero-order chi connectivity index (χ0) is 34.1. The number of thioether (sulfide) groups is 1. The number of nitrogens with zero attached hydrogens (tertiary/aromatic N) is 3. The zero-order valence-corrected chi connectivity index (χ0v) is 30.1. The van der Waals surface area contributed by atoms with Crippen LogP contribution in [0, 0.1) is 0 Å². The van der Waals surface area contributed by atoms with E-state index in [1.54, 1.807) is 13.0 Å². The van der Waals surface area contributed by atoms with E-state index in [-0.39, 0.29) is 41.6 Å². The molecule has 1 atom stereocenters. The molecule has 250 valence electrons. The van der Waals surface area contributed by atoms with Crippen molar-refractivity contribution in [3.8, 4) is 0 Å². The van der Waals surface area contributed by atoms with Crippen molar-refractivity contribution in [1.29, 1.82) is 0 Å². The minimum Gasteiger partial charge on any atom is -0.466 e. The fourth-order valence-electron chi connectivity index (χ4n) is 6.81. The summed E-state index contributed by atoms with van der Waals surface area (Å²) in [5, 5.41) is 3.00. The maximum absolute atomic E-state index is 13.5. The minimum atomic E-state index is -0.357. The van der Waals surface area contributed by atoms with E-state index in [1.165, 1.54) is 27.9 Å². The summed E-state index contributed by atoms with van der Waals surface area (Å²) in [6.07, 6.45) is 6.23. The number of anilines is 3. The van der Waals surface area contributed by atoms with Crippen LogP contribution < -0.4 is 15.1 Å². The molecular formula is C37H46N4O4S2. The van der Waals surface area contributed by atoms with E-state index in [9.17, 15) is 14.4 Å². The number of hydrogen-bond acceptors (Lipinski definition) is 8. The molecule has 10 heteroatoms. The normalized spacial score (nSPS) is 21.1. The lowest BCUT2D eigenvalue weighted by atomic mass is 9.81. The van der Waals surface area contributed by atoms with Crippen LogP contribution in [0.5, 0.6) is 0 Å². The van der Waals surface area contributed by atoms with Gasteiger partial charge in [-0.15, -0.1) is 0 Å². The number of benzene rings is 2. The lowest BCUT2D eigenvalue weighted by Crippen LogP contribution is -2.39. The van der Waals surface area contributed by atoms with Crippen LogP contribution in [0.3, 0.4) is 0 Å². The molecule has 0 bridgehead atoms. The van der Waals surface area contributed by atoms with Gasteiger partial charge >= 0.3 is 5.97 Å². The molecular weight excluding hydrogens is 629 g/mol. The van der Waals surface area contributed by atoms with Gasteiger partial charge in [0, 0.05) is 52.7 Å². The summed E-state index contributed by atoms with van der Waals surface area (Å²) in [6.45, 7) is 16.7. The quantitative estimate of drug-likeness (QED) is 0.151. The Labute approximate surface area is 288 Å². The first-order valence-electron chi connectivity index (χ1n) is 16.5. The highest BCUT2D eigenvalue weighted by atomic mass is 32.2. The van der Waals surface area contributed by atoms with Gasteiger partial charge in [-0.05, 0) is 67.8 Å². The highest BCUT2D eigenvalue weighted by Gasteiger charge is 2.42. The number of carbonyl (C=O) groups excluding carboxylic acids is 3.